The van der Waals surface area contributed by atoms with Gasteiger partial charge in [-0.3, -0.25) is 9.97 Å². The summed E-state index contributed by atoms with van der Waals surface area (Å²) >= 11 is 5.73. The topological polar surface area (TPSA) is 46.0 Å². The third-order valence-corrected chi connectivity index (χ3v) is 6.04. The van der Waals surface area contributed by atoms with Gasteiger partial charge >= 0.3 is 0 Å². The average Bonchev–Trinajstić information content (AvgIpc) is 3.20. The fourth-order valence-corrected chi connectivity index (χ4v) is 4.75. The Bertz CT molecular complexity index is 997. The Morgan fingerprint density at radius 2 is 1.86 bits per heavy atom. The molecule has 0 unspecified atom stereocenters. The second-order valence-corrected chi connectivity index (χ2v) is 8.28. The molecule has 6 heteroatoms. The Hall–Kier alpha value is -2.73. The summed E-state index contributed by atoms with van der Waals surface area (Å²) < 4.78 is 2.38. The van der Waals surface area contributed by atoms with Gasteiger partial charge in [-0.05, 0) is 81.4 Å². The Balaban J connectivity index is 1.77. The molecule has 4 heterocycles. The van der Waals surface area contributed by atoms with Crippen LogP contribution < -0.4 is 5.32 Å². The summed E-state index contributed by atoms with van der Waals surface area (Å²) in [5.41, 5.74) is 6.07. The van der Waals surface area contributed by atoms with Crippen molar-refractivity contribution in [3.8, 4) is 0 Å². The number of aryl methyl sites for hydroxylation is 1. The molecule has 3 aromatic rings. The second kappa shape index (κ2) is 7.95. The molecule has 0 aliphatic carbocycles. The number of nitrogens with one attached hydrogen (secondary N) is 1. The average molecular weight is 406 g/mol. The Morgan fingerprint density at radius 1 is 1.10 bits per heavy atom. The second-order valence-electron chi connectivity index (χ2n) is 7.90. The monoisotopic (exact) mass is 405 g/mol. The van der Waals surface area contributed by atoms with E-state index in [1.54, 1.807) is 0 Å². The van der Waals surface area contributed by atoms with Crippen LogP contribution in [0.1, 0.15) is 54.1 Å². The van der Waals surface area contributed by atoms with Gasteiger partial charge in [0.1, 0.15) is 0 Å². The van der Waals surface area contributed by atoms with Crippen LogP contribution in [0.5, 0.6) is 0 Å². The first-order valence-corrected chi connectivity index (χ1v) is 10.4. The van der Waals surface area contributed by atoms with Crippen molar-refractivity contribution in [1.29, 1.82) is 0 Å². The molecule has 2 atom stereocenters. The molecule has 29 heavy (non-hydrogen) atoms. The molecule has 1 aliphatic rings. The minimum Gasteiger partial charge on any atom is -0.352 e. The van der Waals surface area contributed by atoms with E-state index >= 15 is 0 Å². The first-order chi connectivity index (χ1) is 14.0. The van der Waals surface area contributed by atoms with Gasteiger partial charge in [0.25, 0.3) is 0 Å². The summed E-state index contributed by atoms with van der Waals surface area (Å²) in [6.45, 7) is 9.60. The van der Waals surface area contributed by atoms with Gasteiger partial charge in [-0.15, -0.1) is 0 Å². The summed E-state index contributed by atoms with van der Waals surface area (Å²) in [5.74, 6) is 0. The zero-order chi connectivity index (χ0) is 20.5. The molecule has 0 spiro atoms. The predicted molar refractivity (Wildman–Crippen MR) is 120 cm³/mol. The van der Waals surface area contributed by atoms with Gasteiger partial charge in [-0.1, -0.05) is 6.07 Å². The lowest BCUT2D eigenvalue weighted by Gasteiger charge is -2.31. The number of hydrogen-bond donors (Lipinski definition) is 1. The van der Waals surface area contributed by atoms with Gasteiger partial charge in [0.2, 0.25) is 0 Å². The molecular weight excluding hydrogens is 378 g/mol. The van der Waals surface area contributed by atoms with Gasteiger partial charge in [0, 0.05) is 42.6 Å². The van der Waals surface area contributed by atoms with Crippen molar-refractivity contribution in [2.45, 2.75) is 52.4 Å². The van der Waals surface area contributed by atoms with Crippen LogP contribution in [0.4, 0.5) is 0 Å². The molecule has 0 saturated carbocycles. The van der Waals surface area contributed by atoms with E-state index in [1.165, 1.54) is 22.5 Å². The van der Waals surface area contributed by atoms with Crippen molar-refractivity contribution in [2.75, 3.05) is 0 Å². The van der Waals surface area contributed by atoms with E-state index in [0.717, 1.165) is 17.4 Å². The quantitative estimate of drug-likeness (QED) is 0.641. The minimum atomic E-state index is 0.0287. The maximum Gasteiger partial charge on any atom is 0.170 e. The fourth-order valence-electron chi connectivity index (χ4n) is 4.30. The lowest BCUT2D eigenvalue weighted by atomic mass is 9.96. The van der Waals surface area contributed by atoms with Gasteiger partial charge in [0.15, 0.2) is 5.11 Å². The summed E-state index contributed by atoms with van der Waals surface area (Å²) in [4.78, 5) is 11.1. The number of nitrogens with zero attached hydrogens (tertiary/aromatic N) is 4. The molecule has 150 valence electrons. The zero-order valence-electron chi connectivity index (χ0n) is 17.3. The van der Waals surface area contributed by atoms with Crippen LogP contribution in [0.3, 0.4) is 0 Å². The molecule has 1 saturated heterocycles. The highest BCUT2D eigenvalue weighted by atomic mass is 32.1. The highest BCUT2D eigenvalue weighted by Crippen LogP contribution is 2.41. The standard InChI is InChI=1S/C23H27N5S/c1-15(2)28-22(21(26-23(28)29)20-7-5-6-10-25-20)19-13-16(3)27(17(19)4)14-18-8-11-24-12-9-18/h5-13,15,21-22H,14H2,1-4H3,(H,26,29)/t21-,22+/m1/s1. The molecule has 0 aromatic carbocycles. The van der Waals surface area contributed by atoms with E-state index in [9.17, 15) is 0 Å². The molecule has 3 aromatic heterocycles. The normalized spacial score (nSPS) is 19.1. The molecule has 5 nitrogen and oxygen atoms in total. The minimum absolute atomic E-state index is 0.0287. The molecule has 0 bridgehead atoms. The highest BCUT2D eigenvalue weighted by molar-refractivity contribution is 7.80. The van der Waals surface area contributed by atoms with Gasteiger partial charge in [0.05, 0.1) is 17.8 Å². The van der Waals surface area contributed by atoms with Gasteiger partial charge < -0.3 is 14.8 Å². The van der Waals surface area contributed by atoms with E-state index in [-0.39, 0.29) is 18.1 Å². The Labute approximate surface area is 177 Å². The third kappa shape index (κ3) is 3.65. The SMILES string of the molecule is Cc1cc([C@H]2[C@@H](c3ccccn3)NC(=S)N2C(C)C)c(C)n1Cc1ccncc1. The first kappa shape index (κ1) is 19.6. The maximum atomic E-state index is 5.73. The molecule has 4 rings (SSSR count). The van der Waals surface area contributed by atoms with E-state index in [0.29, 0.717) is 0 Å². The smallest absolute Gasteiger partial charge is 0.170 e. The van der Waals surface area contributed by atoms with E-state index in [4.69, 9.17) is 12.2 Å². The van der Waals surface area contributed by atoms with E-state index in [1.807, 2.05) is 30.7 Å². The van der Waals surface area contributed by atoms with Crippen LogP contribution in [-0.4, -0.2) is 30.6 Å². The third-order valence-electron chi connectivity index (χ3n) is 5.71. The molecule has 1 fully saturated rings. The van der Waals surface area contributed by atoms with Gasteiger partial charge in [-0.2, -0.15) is 0 Å². The molecule has 1 N–H and O–H groups in total. The van der Waals surface area contributed by atoms with Crippen LogP contribution in [0.2, 0.25) is 0 Å². The van der Waals surface area contributed by atoms with Crippen molar-refractivity contribution < 1.29 is 0 Å². The number of hydrogen-bond acceptors (Lipinski definition) is 3. The number of rotatable bonds is 5. The fraction of sp³-hybridized carbons (Fsp3) is 0.348. The molecule has 0 radical (unpaired) electrons. The highest BCUT2D eigenvalue weighted by Gasteiger charge is 2.42. The van der Waals surface area contributed by atoms with Crippen molar-refractivity contribution in [3.63, 3.8) is 0 Å². The van der Waals surface area contributed by atoms with Crippen molar-refractivity contribution >= 4 is 17.3 Å². The summed E-state index contributed by atoms with van der Waals surface area (Å²) in [6, 6.07) is 12.9. The number of thiocarbonyl (C=S) groups is 1. The zero-order valence-corrected chi connectivity index (χ0v) is 18.1. The maximum absolute atomic E-state index is 5.73. The summed E-state index contributed by atoms with van der Waals surface area (Å²) in [5, 5.41) is 4.32. The number of pyridine rings is 2. The molecule has 0 amide bonds. The van der Waals surface area contributed by atoms with Crippen molar-refractivity contribution in [2.24, 2.45) is 0 Å². The summed E-state index contributed by atoms with van der Waals surface area (Å²) in [6.07, 6.45) is 5.55. The van der Waals surface area contributed by atoms with Crippen molar-refractivity contribution in [3.05, 3.63) is 83.2 Å². The van der Waals surface area contributed by atoms with Crippen LogP contribution in [-0.2, 0) is 6.54 Å². The van der Waals surface area contributed by atoms with Crippen LogP contribution in [0.15, 0.2) is 55.0 Å². The molecular formula is C23H27N5S. The van der Waals surface area contributed by atoms with Crippen LogP contribution in [0.25, 0.3) is 0 Å². The Morgan fingerprint density at radius 3 is 2.52 bits per heavy atom. The van der Waals surface area contributed by atoms with Crippen LogP contribution >= 0.6 is 12.2 Å². The van der Waals surface area contributed by atoms with Gasteiger partial charge in [-0.25, -0.2) is 0 Å². The van der Waals surface area contributed by atoms with E-state index < -0.39 is 0 Å². The first-order valence-electron chi connectivity index (χ1n) is 10.0. The predicted octanol–water partition coefficient (Wildman–Crippen LogP) is 4.32. The van der Waals surface area contributed by atoms with Crippen molar-refractivity contribution in [1.82, 2.24) is 24.8 Å². The largest absolute Gasteiger partial charge is 0.352 e. The Kier molecular flexibility index (Phi) is 5.37. The lowest BCUT2D eigenvalue weighted by Crippen LogP contribution is -2.35. The summed E-state index contributed by atoms with van der Waals surface area (Å²) in [7, 11) is 0. The number of aromatic nitrogens is 3. The molecule has 1 aliphatic heterocycles. The van der Waals surface area contributed by atoms with Crippen LogP contribution in [0, 0.1) is 13.8 Å². The van der Waals surface area contributed by atoms with E-state index in [2.05, 4.69) is 76.7 Å². The lowest BCUT2D eigenvalue weighted by molar-refractivity contribution is 0.268.